The van der Waals surface area contributed by atoms with Gasteiger partial charge in [0.2, 0.25) is 5.91 Å². The number of nitrogens with zero attached hydrogens (tertiary/aromatic N) is 3. The summed E-state index contributed by atoms with van der Waals surface area (Å²) in [4.78, 5) is 20.0. The van der Waals surface area contributed by atoms with Crippen LogP contribution >= 0.6 is 0 Å². The van der Waals surface area contributed by atoms with E-state index in [1.165, 1.54) is 0 Å². The molecule has 1 aromatic heterocycles. The maximum atomic E-state index is 13.3. The molecule has 0 aliphatic carbocycles. The lowest BCUT2D eigenvalue weighted by molar-refractivity contribution is -0.117. The molecule has 1 amide bonds. The Kier molecular flexibility index (Phi) is 8.66. The second kappa shape index (κ2) is 12.3. The van der Waals surface area contributed by atoms with Crippen molar-refractivity contribution >= 4 is 17.4 Å². The van der Waals surface area contributed by atoms with Gasteiger partial charge in [0.25, 0.3) is 0 Å². The van der Waals surface area contributed by atoms with Crippen LogP contribution in [0.5, 0.6) is 0 Å². The molecule has 1 aliphatic rings. The molecular weight excluding hydrogens is 450 g/mol. The minimum atomic E-state index is -0.359. The molecule has 1 saturated heterocycles. The van der Waals surface area contributed by atoms with E-state index in [1.54, 1.807) is 7.11 Å². The van der Waals surface area contributed by atoms with Crippen LogP contribution in [0, 0.1) is 11.3 Å². The van der Waals surface area contributed by atoms with Crippen molar-refractivity contribution in [3.63, 3.8) is 0 Å². The quantitative estimate of drug-likeness (QED) is 0.447. The Morgan fingerprint density at radius 1 is 1.11 bits per heavy atom. The van der Waals surface area contributed by atoms with E-state index in [1.807, 2.05) is 72.9 Å². The van der Waals surface area contributed by atoms with Gasteiger partial charge in [-0.2, -0.15) is 5.26 Å². The zero-order chi connectivity index (χ0) is 25.3. The Morgan fingerprint density at radius 3 is 2.53 bits per heavy atom. The SMILES string of the molecule is CO[C@@H]1CCN(c2ccc(NC(=O)C(CNC[C@@H](C)c3ccc(C#N)cc3)c3ccccc3)nc2)C1. The highest BCUT2D eigenvalue weighted by Crippen LogP contribution is 2.23. The third-order valence-corrected chi connectivity index (χ3v) is 6.77. The largest absolute Gasteiger partial charge is 0.380 e. The lowest BCUT2D eigenvalue weighted by Crippen LogP contribution is -2.32. The van der Waals surface area contributed by atoms with Crippen LogP contribution < -0.4 is 15.5 Å². The fraction of sp³-hybridized carbons (Fsp3) is 0.345. The number of carbonyl (C=O) groups is 1. The van der Waals surface area contributed by atoms with Gasteiger partial charge >= 0.3 is 0 Å². The summed E-state index contributed by atoms with van der Waals surface area (Å²) in [6.45, 7) is 5.14. The van der Waals surface area contributed by atoms with Gasteiger partial charge in [-0.3, -0.25) is 4.79 Å². The molecule has 0 saturated carbocycles. The number of nitriles is 1. The number of rotatable bonds is 10. The van der Waals surface area contributed by atoms with Crippen molar-refractivity contribution in [1.82, 2.24) is 10.3 Å². The van der Waals surface area contributed by atoms with E-state index in [2.05, 4.69) is 33.5 Å². The summed E-state index contributed by atoms with van der Waals surface area (Å²) in [5.74, 6) is 0.329. The molecular formula is C29H33N5O2. The minimum absolute atomic E-state index is 0.0967. The highest BCUT2D eigenvalue weighted by Gasteiger charge is 2.24. The smallest absolute Gasteiger partial charge is 0.234 e. The van der Waals surface area contributed by atoms with Crippen LogP contribution in [0.25, 0.3) is 0 Å². The number of anilines is 2. The van der Waals surface area contributed by atoms with Gasteiger partial charge in [-0.1, -0.05) is 49.4 Å². The lowest BCUT2D eigenvalue weighted by Gasteiger charge is -2.20. The standard InChI is InChI=1S/C29H33N5O2/c1-21(23-10-8-22(16-30)9-11-23)17-31-19-27(24-6-4-3-5-7-24)29(35)33-28-13-12-25(18-32-28)34-15-14-26(20-34)36-2/h3-13,18,21,26-27,31H,14-15,17,19-20H2,1-2H3,(H,32,33,35)/t21-,26-,27?/m1/s1. The van der Waals surface area contributed by atoms with Gasteiger partial charge < -0.3 is 20.3 Å². The first-order valence-electron chi connectivity index (χ1n) is 12.4. The predicted octanol–water partition coefficient (Wildman–Crippen LogP) is 4.29. The van der Waals surface area contributed by atoms with Crippen LogP contribution in [0.1, 0.15) is 41.9 Å². The Balaban J connectivity index is 1.37. The summed E-state index contributed by atoms with van der Waals surface area (Å²) in [6.07, 6.45) is 3.07. The molecule has 2 heterocycles. The first-order valence-corrected chi connectivity index (χ1v) is 12.4. The normalized spacial score (nSPS) is 16.8. The molecule has 3 atom stereocenters. The minimum Gasteiger partial charge on any atom is -0.380 e. The number of pyridine rings is 1. The molecule has 0 radical (unpaired) electrons. The summed E-state index contributed by atoms with van der Waals surface area (Å²) in [5.41, 5.74) is 3.79. The van der Waals surface area contributed by atoms with Crippen molar-refractivity contribution in [2.24, 2.45) is 0 Å². The van der Waals surface area contributed by atoms with Gasteiger partial charge in [-0.15, -0.1) is 0 Å². The van der Waals surface area contributed by atoms with Gasteiger partial charge in [0.1, 0.15) is 5.82 Å². The molecule has 2 N–H and O–H groups in total. The molecule has 186 valence electrons. The van der Waals surface area contributed by atoms with Crippen LogP contribution in [0.2, 0.25) is 0 Å². The highest BCUT2D eigenvalue weighted by atomic mass is 16.5. The number of aromatic nitrogens is 1. The van der Waals surface area contributed by atoms with Crippen molar-refractivity contribution in [2.45, 2.75) is 31.3 Å². The van der Waals surface area contributed by atoms with Crippen LogP contribution in [0.15, 0.2) is 72.9 Å². The van der Waals surface area contributed by atoms with E-state index < -0.39 is 0 Å². The number of hydrogen-bond acceptors (Lipinski definition) is 6. The summed E-state index contributed by atoms with van der Waals surface area (Å²) >= 11 is 0. The van der Waals surface area contributed by atoms with Gasteiger partial charge in [0.05, 0.1) is 35.5 Å². The molecule has 36 heavy (non-hydrogen) atoms. The molecule has 7 heteroatoms. The number of ether oxygens (including phenoxy) is 1. The average Bonchev–Trinajstić information content (AvgIpc) is 3.41. The summed E-state index contributed by atoms with van der Waals surface area (Å²) < 4.78 is 5.45. The van der Waals surface area contributed by atoms with Crippen molar-refractivity contribution < 1.29 is 9.53 Å². The molecule has 1 fully saturated rings. The second-order valence-electron chi connectivity index (χ2n) is 9.24. The van der Waals surface area contributed by atoms with E-state index in [9.17, 15) is 4.79 Å². The van der Waals surface area contributed by atoms with Crippen LogP contribution in [0.3, 0.4) is 0 Å². The Morgan fingerprint density at radius 2 is 1.89 bits per heavy atom. The van der Waals surface area contributed by atoms with Crippen LogP contribution in [-0.2, 0) is 9.53 Å². The number of carbonyl (C=O) groups excluding carboxylic acids is 1. The number of benzene rings is 2. The Bertz CT molecular complexity index is 1160. The third kappa shape index (κ3) is 6.48. The maximum Gasteiger partial charge on any atom is 0.234 e. The summed E-state index contributed by atoms with van der Waals surface area (Å²) in [5, 5.41) is 15.5. The van der Waals surface area contributed by atoms with E-state index in [0.29, 0.717) is 24.5 Å². The van der Waals surface area contributed by atoms with Crippen molar-refractivity contribution in [1.29, 1.82) is 5.26 Å². The van der Waals surface area contributed by atoms with Gasteiger partial charge in [-0.25, -0.2) is 4.98 Å². The molecule has 0 spiro atoms. The Labute approximate surface area is 213 Å². The Hall–Kier alpha value is -3.73. The van der Waals surface area contributed by atoms with Crippen LogP contribution in [0.4, 0.5) is 11.5 Å². The molecule has 7 nitrogen and oxygen atoms in total. The molecule has 3 aromatic rings. The molecule has 4 rings (SSSR count). The molecule has 1 aliphatic heterocycles. The summed E-state index contributed by atoms with van der Waals surface area (Å²) in [7, 11) is 1.75. The fourth-order valence-corrected chi connectivity index (χ4v) is 4.51. The monoisotopic (exact) mass is 483 g/mol. The molecule has 2 aromatic carbocycles. The van der Waals surface area contributed by atoms with Crippen molar-refractivity contribution in [3.8, 4) is 6.07 Å². The van der Waals surface area contributed by atoms with E-state index in [-0.39, 0.29) is 23.8 Å². The third-order valence-electron chi connectivity index (χ3n) is 6.77. The van der Waals surface area contributed by atoms with E-state index in [4.69, 9.17) is 10.00 Å². The topological polar surface area (TPSA) is 90.3 Å². The van der Waals surface area contributed by atoms with Gasteiger partial charge in [0, 0.05) is 33.3 Å². The van der Waals surface area contributed by atoms with Gasteiger partial charge in [-0.05, 0) is 47.7 Å². The van der Waals surface area contributed by atoms with Gasteiger partial charge in [0.15, 0.2) is 0 Å². The number of hydrogen-bond donors (Lipinski definition) is 2. The zero-order valence-electron chi connectivity index (χ0n) is 20.9. The fourth-order valence-electron chi connectivity index (χ4n) is 4.51. The molecule has 1 unspecified atom stereocenters. The molecule has 0 bridgehead atoms. The number of nitrogens with one attached hydrogen (secondary N) is 2. The van der Waals surface area contributed by atoms with Crippen molar-refractivity contribution in [2.75, 3.05) is 43.5 Å². The zero-order valence-corrected chi connectivity index (χ0v) is 20.9. The van der Waals surface area contributed by atoms with E-state index in [0.717, 1.165) is 36.3 Å². The van der Waals surface area contributed by atoms with E-state index >= 15 is 0 Å². The number of methoxy groups -OCH3 is 1. The first-order chi connectivity index (χ1) is 17.6. The van der Waals surface area contributed by atoms with Crippen LogP contribution in [-0.4, -0.2) is 50.3 Å². The highest BCUT2D eigenvalue weighted by molar-refractivity contribution is 5.95. The predicted molar refractivity (Wildman–Crippen MR) is 142 cm³/mol. The summed E-state index contributed by atoms with van der Waals surface area (Å²) in [6, 6.07) is 23.5. The second-order valence-corrected chi connectivity index (χ2v) is 9.24. The first kappa shape index (κ1) is 25.4. The average molecular weight is 484 g/mol. The number of amides is 1. The maximum absolute atomic E-state index is 13.3. The lowest BCUT2D eigenvalue weighted by atomic mass is 9.96. The van der Waals surface area contributed by atoms with Crippen molar-refractivity contribution in [3.05, 3.63) is 89.6 Å².